The Morgan fingerprint density at radius 3 is 2.18 bits per heavy atom. The van der Waals surface area contributed by atoms with Crippen LogP contribution in [0.2, 0.25) is 0 Å². The minimum Gasteiger partial charge on any atom is -1.00 e. The maximum absolute atomic E-state index is 12.3. The maximum Gasteiger partial charge on any atom is 0.323 e. The summed E-state index contributed by atoms with van der Waals surface area (Å²) in [5, 5.41) is 5.81. The van der Waals surface area contributed by atoms with Gasteiger partial charge in [-0.25, -0.2) is 4.79 Å². The van der Waals surface area contributed by atoms with Crippen LogP contribution in [-0.2, 0) is 0 Å². The molecule has 1 heterocycles. The predicted molar refractivity (Wildman–Crippen MR) is 113 cm³/mol. The van der Waals surface area contributed by atoms with Crippen molar-refractivity contribution in [2.45, 2.75) is 20.8 Å². The summed E-state index contributed by atoms with van der Waals surface area (Å²) in [6, 6.07) is 17.5. The fourth-order valence-electron chi connectivity index (χ4n) is 3.08. The Labute approximate surface area is 172 Å². The number of rotatable bonds is 6. The first kappa shape index (κ1) is 21.4. The Hall–Kier alpha value is -2.92. The van der Waals surface area contributed by atoms with Crippen molar-refractivity contribution in [3.63, 3.8) is 0 Å². The van der Waals surface area contributed by atoms with E-state index in [1.165, 1.54) is 5.69 Å². The highest BCUT2D eigenvalue weighted by molar-refractivity contribution is 6.00. The number of aromatic nitrogens is 1. The molecule has 0 saturated carbocycles. The van der Waals surface area contributed by atoms with Gasteiger partial charge in [-0.3, -0.25) is 0 Å². The van der Waals surface area contributed by atoms with Gasteiger partial charge in [-0.05, 0) is 80.9 Å². The minimum absolute atomic E-state index is 0. The highest BCUT2D eigenvalue weighted by Gasteiger charge is 2.08. The Balaban J connectivity index is 0.00000280. The van der Waals surface area contributed by atoms with Crippen molar-refractivity contribution >= 4 is 23.1 Å². The van der Waals surface area contributed by atoms with Crippen LogP contribution in [-0.4, -0.2) is 23.7 Å². The van der Waals surface area contributed by atoms with Crippen molar-refractivity contribution in [1.82, 2.24) is 4.57 Å². The normalized spacial score (nSPS) is 10.1. The van der Waals surface area contributed by atoms with Gasteiger partial charge in [0.05, 0.1) is 0 Å². The fourth-order valence-corrected chi connectivity index (χ4v) is 3.08. The molecule has 3 aromatic rings. The lowest BCUT2D eigenvalue weighted by Crippen LogP contribution is -3.00. The summed E-state index contributed by atoms with van der Waals surface area (Å²) in [6.07, 6.45) is 3.97. The van der Waals surface area contributed by atoms with Crippen LogP contribution in [0.1, 0.15) is 19.4 Å². The quantitative estimate of drug-likeness (QED) is 0.670. The average molecular weight is 398 g/mol. The molecule has 6 heteroatoms. The van der Waals surface area contributed by atoms with Crippen molar-refractivity contribution in [3.8, 4) is 5.69 Å². The van der Waals surface area contributed by atoms with Gasteiger partial charge in [0.15, 0.2) is 0 Å². The van der Waals surface area contributed by atoms with Crippen LogP contribution in [0.4, 0.5) is 21.9 Å². The summed E-state index contributed by atoms with van der Waals surface area (Å²) >= 11 is 0. The highest BCUT2D eigenvalue weighted by Crippen LogP contribution is 2.23. The standard InChI is InChI=1S/C22H26N4O.ClH/c1-4-25(5-2)20-12-13-21(17(3)16-20)24-22(27)23-18-8-10-19(11-9-18)26-14-6-7-15-26;/h6-16H,4-5H2,1-3H3,(H2,23,24,27);1H/p-1. The van der Waals surface area contributed by atoms with Crippen LogP contribution in [0.25, 0.3) is 5.69 Å². The second kappa shape index (κ2) is 9.85. The molecule has 28 heavy (non-hydrogen) atoms. The Bertz CT molecular complexity index is 887. The van der Waals surface area contributed by atoms with Crippen molar-refractivity contribution in [3.05, 3.63) is 72.6 Å². The largest absolute Gasteiger partial charge is 1.00 e. The number of anilines is 3. The van der Waals surface area contributed by atoms with Crippen molar-refractivity contribution in [1.29, 1.82) is 0 Å². The zero-order valence-electron chi connectivity index (χ0n) is 16.4. The number of carbonyl (C=O) groups is 1. The third-order valence-corrected chi connectivity index (χ3v) is 4.61. The van der Waals surface area contributed by atoms with Crippen molar-refractivity contribution < 1.29 is 17.2 Å². The number of amides is 2. The summed E-state index contributed by atoms with van der Waals surface area (Å²) in [4.78, 5) is 14.6. The van der Waals surface area contributed by atoms with E-state index in [1.807, 2.05) is 72.4 Å². The molecule has 2 amide bonds. The van der Waals surface area contributed by atoms with Crippen LogP contribution in [0, 0.1) is 6.92 Å². The van der Waals surface area contributed by atoms with Gasteiger partial charge < -0.3 is 32.5 Å². The van der Waals surface area contributed by atoms with Gasteiger partial charge in [-0.15, -0.1) is 0 Å². The number of aryl methyl sites for hydroxylation is 1. The van der Waals surface area contributed by atoms with E-state index in [9.17, 15) is 4.79 Å². The van der Waals surface area contributed by atoms with Gasteiger partial charge in [0.2, 0.25) is 0 Å². The number of carbonyl (C=O) groups excluding carboxylic acids is 1. The first-order valence-corrected chi connectivity index (χ1v) is 9.27. The molecular weight excluding hydrogens is 372 g/mol. The summed E-state index contributed by atoms with van der Waals surface area (Å²) < 4.78 is 2.02. The zero-order valence-corrected chi connectivity index (χ0v) is 17.2. The van der Waals surface area contributed by atoms with Crippen LogP contribution >= 0.6 is 0 Å². The maximum atomic E-state index is 12.3. The van der Waals surface area contributed by atoms with E-state index >= 15 is 0 Å². The summed E-state index contributed by atoms with van der Waals surface area (Å²) in [6.45, 7) is 8.21. The smallest absolute Gasteiger partial charge is 0.323 e. The first-order valence-electron chi connectivity index (χ1n) is 9.27. The minimum atomic E-state index is -0.248. The molecule has 0 aliphatic rings. The molecule has 1 aromatic heterocycles. The van der Waals surface area contributed by atoms with Gasteiger partial charge in [0, 0.05) is 48.2 Å². The highest BCUT2D eigenvalue weighted by atomic mass is 35.5. The van der Waals surface area contributed by atoms with E-state index in [1.54, 1.807) is 0 Å². The van der Waals surface area contributed by atoms with Gasteiger partial charge in [0.25, 0.3) is 0 Å². The lowest BCUT2D eigenvalue weighted by Gasteiger charge is -2.22. The van der Waals surface area contributed by atoms with Crippen LogP contribution < -0.4 is 27.9 Å². The monoisotopic (exact) mass is 397 g/mol. The number of halogens is 1. The number of nitrogens with zero attached hydrogens (tertiary/aromatic N) is 2. The Morgan fingerprint density at radius 1 is 0.964 bits per heavy atom. The molecule has 0 aliphatic heterocycles. The third-order valence-electron chi connectivity index (χ3n) is 4.61. The second-order valence-electron chi connectivity index (χ2n) is 6.39. The van der Waals surface area contributed by atoms with E-state index in [-0.39, 0.29) is 18.4 Å². The average Bonchev–Trinajstić information content (AvgIpc) is 3.20. The lowest BCUT2D eigenvalue weighted by molar-refractivity contribution is -0.00000847. The van der Waals surface area contributed by atoms with E-state index < -0.39 is 0 Å². The Morgan fingerprint density at radius 2 is 1.61 bits per heavy atom. The molecule has 2 aromatic carbocycles. The van der Waals surface area contributed by atoms with Gasteiger partial charge in [0.1, 0.15) is 0 Å². The Kier molecular flexibility index (Phi) is 7.52. The molecule has 148 valence electrons. The molecule has 5 nitrogen and oxygen atoms in total. The molecule has 0 aliphatic carbocycles. The van der Waals surface area contributed by atoms with Crippen LogP contribution in [0.5, 0.6) is 0 Å². The van der Waals surface area contributed by atoms with Gasteiger partial charge in [-0.1, -0.05) is 0 Å². The summed E-state index contributed by atoms with van der Waals surface area (Å²) in [7, 11) is 0. The molecule has 0 radical (unpaired) electrons. The van der Waals surface area contributed by atoms with E-state index in [2.05, 4.69) is 35.4 Å². The van der Waals surface area contributed by atoms with Crippen LogP contribution in [0.3, 0.4) is 0 Å². The molecule has 0 atom stereocenters. The summed E-state index contributed by atoms with van der Waals surface area (Å²) in [5.74, 6) is 0. The molecule has 0 saturated heterocycles. The number of hydrogen-bond acceptors (Lipinski definition) is 2. The second-order valence-corrected chi connectivity index (χ2v) is 6.39. The molecule has 3 rings (SSSR count). The topological polar surface area (TPSA) is 49.3 Å². The zero-order chi connectivity index (χ0) is 19.2. The third kappa shape index (κ3) is 5.08. The molecule has 0 fully saturated rings. The predicted octanol–water partition coefficient (Wildman–Crippen LogP) is 2.28. The molecule has 0 bridgehead atoms. The summed E-state index contributed by atoms with van der Waals surface area (Å²) in [5.41, 5.74) is 4.82. The SMILES string of the molecule is CCN(CC)c1ccc(NC(=O)Nc2ccc(-n3cccc3)cc2)c(C)c1.[Cl-]. The molecule has 2 N–H and O–H groups in total. The van der Waals surface area contributed by atoms with Crippen LogP contribution in [0.15, 0.2) is 67.0 Å². The van der Waals surface area contributed by atoms with E-state index in [0.717, 1.165) is 35.7 Å². The number of nitrogens with one attached hydrogen (secondary N) is 2. The van der Waals surface area contributed by atoms with Gasteiger partial charge >= 0.3 is 6.03 Å². The van der Waals surface area contributed by atoms with Crippen molar-refractivity contribution in [2.75, 3.05) is 28.6 Å². The van der Waals surface area contributed by atoms with E-state index in [0.29, 0.717) is 0 Å². The van der Waals surface area contributed by atoms with E-state index in [4.69, 9.17) is 0 Å². The first-order chi connectivity index (χ1) is 13.1. The molecular formula is C22H26ClN4O-. The van der Waals surface area contributed by atoms with Crippen molar-refractivity contribution in [2.24, 2.45) is 0 Å². The number of urea groups is 1. The number of benzene rings is 2. The number of hydrogen-bond donors (Lipinski definition) is 2. The lowest BCUT2D eigenvalue weighted by atomic mass is 10.1. The van der Waals surface area contributed by atoms with Gasteiger partial charge in [-0.2, -0.15) is 0 Å². The fraction of sp³-hybridized carbons (Fsp3) is 0.227. The molecule has 0 spiro atoms. The molecule has 0 unspecified atom stereocenters.